The first-order valence-corrected chi connectivity index (χ1v) is 8.78. The molecule has 0 spiro atoms. The van der Waals surface area contributed by atoms with Gasteiger partial charge in [-0.3, -0.25) is 4.79 Å². The Morgan fingerprint density at radius 1 is 1.15 bits per heavy atom. The summed E-state index contributed by atoms with van der Waals surface area (Å²) < 4.78 is 15.9. The lowest BCUT2D eigenvalue weighted by Gasteiger charge is -2.26. The molecule has 144 valence electrons. The largest absolute Gasteiger partial charge is 0.493 e. The van der Waals surface area contributed by atoms with Crippen LogP contribution in [0.4, 0.5) is 5.82 Å². The number of benzene rings is 1. The van der Waals surface area contributed by atoms with E-state index in [1.54, 1.807) is 32.1 Å². The number of ether oxygens (including phenoxy) is 3. The van der Waals surface area contributed by atoms with Crippen LogP contribution in [0.25, 0.3) is 0 Å². The van der Waals surface area contributed by atoms with E-state index in [1.807, 2.05) is 18.2 Å². The van der Waals surface area contributed by atoms with Crippen molar-refractivity contribution in [3.63, 3.8) is 0 Å². The molecule has 1 aliphatic rings. The van der Waals surface area contributed by atoms with Gasteiger partial charge >= 0.3 is 0 Å². The molecule has 3 rings (SSSR count). The third kappa shape index (κ3) is 4.65. The van der Waals surface area contributed by atoms with E-state index >= 15 is 0 Å². The van der Waals surface area contributed by atoms with Crippen molar-refractivity contribution in [2.45, 2.75) is 13.5 Å². The quantitative estimate of drug-likeness (QED) is 0.829. The number of carbonyl (C=O) groups excluding carboxylic acids is 1. The summed E-state index contributed by atoms with van der Waals surface area (Å²) in [5.74, 6) is 2.40. The van der Waals surface area contributed by atoms with Crippen LogP contribution in [0.1, 0.15) is 21.9 Å². The highest BCUT2D eigenvalue weighted by Gasteiger charge is 2.20. The maximum Gasteiger partial charge on any atom is 0.272 e. The SMILES string of the molecule is COc1ccc(CNc2cc(C(=O)N3CCOCC3)nc(C)n2)cc1OC. The number of hydrogen-bond donors (Lipinski definition) is 1. The van der Waals surface area contributed by atoms with E-state index in [-0.39, 0.29) is 5.91 Å². The predicted molar refractivity (Wildman–Crippen MR) is 100 cm³/mol. The van der Waals surface area contributed by atoms with E-state index in [0.717, 1.165) is 5.56 Å². The van der Waals surface area contributed by atoms with Crippen molar-refractivity contribution in [3.8, 4) is 11.5 Å². The fourth-order valence-electron chi connectivity index (χ4n) is 2.88. The average molecular weight is 372 g/mol. The smallest absolute Gasteiger partial charge is 0.272 e. The number of aromatic nitrogens is 2. The van der Waals surface area contributed by atoms with E-state index in [0.29, 0.717) is 61.7 Å². The standard InChI is InChI=1S/C19H24N4O4/c1-13-21-15(19(24)23-6-8-27-9-7-23)11-18(22-13)20-12-14-4-5-16(25-2)17(10-14)26-3/h4-5,10-11H,6-9,12H2,1-3H3,(H,20,21,22). The summed E-state index contributed by atoms with van der Waals surface area (Å²) in [4.78, 5) is 23.1. The van der Waals surface area contributed by atoms with Crippen LogP contribution in [0, 0.1) is 6.92 Å². The number of anilines is 1. The number of nitrogens with one attached hydrogen (secondary N) is 1. The Hall–Kier alpha value is -2.87. The highest BCUT2D eigenvalue weighted by atomic mass is 16.5. The molecule has 27 heavy (non-hydrogen) atoms. The molecule has 1 fully saturated rings. The number of carbonyl (C=O) groups is 1. The van der Waals surface area contributed by atoms with Gasteiger partial charge in [0.15, 0.2) is 11.5 Å². The van der Waals surface area contributed by atoms with E-state index in [4.69, 9.17) is 14.2 Å². The van der Waals surface area contributed by atoms with Crippen molar-refractivity contribution in [2.24, 2.45) is 0 Å². The van der Waals surface area contributed by atoms with Crippen LogP contribution in [0.2, 0.25) is 0 Å². The summed E-state index contributed by atoms with van der Waals surface area (Å²) >= 11 is 0. The topological polar surface area (TPSA) is 85.8 Å². The highest BCUT2D eigenvalue weighted by molar-refractivity contribution is 5.93. The van der Waals surface area contributed by atoms with Gasteiger partial charge in [-0.1, -0.05) is 6.07 Å². The monoisotopic (exact) mass is 372 g/mol. The van der Waals surface area contributed by atoms with Crippen molar-refractivity contribution < 1.29 is 19.0 Å². The summed E-state index contributed by atoms with van der Waals surface area (Å²) in [6, 6.07) is 7.39. The van der Waals surface area contributed by atoms with Gasteiger partial charge in [-0.25, -0.2) is 9.97 Å². The van der Waals surface area contributed by atoms with E-state index in [2.05, 4.69) is 15.3 Å². The summed E-state index contributed by atoms with van der Waals surface area (Å²) in [6.07, 6.45) is 0. The lowest BCUT2D eigenvalue weighted by atomic mass is 10.2. The normalized spacial score (nSPS) is 14.0. The first-order valence-electron chi connectivity index (χ1n) is 8.78. The Kier molecular flexibility index (Phi) is 6.08. The number of aryl methyl sites for hydroxylation is 1. The van der Waals surface area contributed by atoms with Gasteiger partial charge in [0, 0.05) is 25.7 Å². The zero-order chi connectivity index (χ0) is 19.2. The second kappa shape index (κ2) is 8.68. The van der Waals surface area contributed by atoms with Gasteiger partial charge in [-0.2, -0.15) is 0 Å². The Labute approximate surface area is 158 Å². The van der Waals surface area contributed by atoms with Crippen LogP contribution >= 0.6 is 0 Å². The molecule has 2 aromatic rings. The minimum absolute atomic E-state index is 0.0991. The molecule has 1 aromatic carbocycles. The number of nitrogens with zero attached hydrogens (tertiary/aromatic N) is 3. The second-order valence-corrected chi connectivity index (χ2v) is 6.13. The van der Waals surface area contributed by atoms with Crippen LogP contribution in [-0.4, -0.2) is 61.3 Å². The molecule has 0 aliphatic carbocycles. The van der Waals surface area contributed by atoms with Crippen molar-refractivity contribution in [1.29, 1.82) is 0 Å². The van der Waals surface area contributed by atoms with Crippen LogP contribution in [-0.2, 0) is 11.3 Å². The maximum atomic E-state index is 12.7. The number of methoxy groups -OCH3 is 2. The third-order valence-electron chi connectivity index (χ3n) is 4.28. The van der Waals surface area contributed by atoms with Crippen molar-refractivity contribution in [3.05, 3.63) is 41.3 Å². The molecule has 8 heteroatoms. The second-order valence-electron chi connectivity index (χ2n) is 6.13. The Bertz CT molecular complexity index is 806. The fraction of sp³-hybridized carbons (Fsp3) is 0.421. The van der Waals surface area contributed by atoms with Crippen LogP contribution in [0.15, 0.2) is 24.3 Å². The van der Waals surface area contributed by atoms with Gasteiger partial charge in [-0.15, -0.1) is 0 Å². The summed E-state index contributed by atoms with van der Waals surface area (Å²) in [5.41, 5.74) is 1.39. The molecule has 1 N–H and O–H groups in total. The van der Waals surface area contributed by atoms with Gasteiger partial charge in [-0.05, 0) is 24.6 Å². The molecule has 1 saturated heterocycles. The molecule has 1 amide bonds. The van der Waals surface area contributed by atoms with Crippen LogP contribution in [0.5, 0.6) is 11.5 Å². The number of hydrogen-bond acceptors (Lipinski definition) is 7. The molecule has 0 radical (unpaired) electrons. The van der Waals surface area contributed by atoms with Gasteiger partial charge in [0.1, 0.15) is 17.3 Å². The lowest BCUT2D eigenvalue weighted by Crippen LogP contribution is -2.41. The van der Waals surface area contributed by atoms with E-state index in [9.17, 15) is 4.79 Å². The zero-order valence-corrected chi connectivity index (χ0v) is 15.8. The zero-order valence-electron chi connectivity index (χ0n) is 15.8. The minimum Gasteiger partial charge on any atom is -0.493 e. The predicted octanol–water partition coefficient (Wildman–Crippen LogP) is 1.89. The molecule has 0 atom stereocenters. The average Bonchev–Trinajstić information content (AvgIpc) is 2.71. The Morgan fingerprint density at radius 3 is 2.59 bits per heavy atom. The van der Waals surface area contributed by atoms with Crippen molar-refractivity contribution in [1.82, 2.24) is 14.9 Å². The molecule has 1 aliphatic heterocycles. The number of rotatable bonds is 6. The third-order valence-corrected chi connectivity index (χ3v) is 4.28. The molecule has 8 nitrogen and oxygen atoms in total. The van der Waals surface area contributed by atoms with Gasteiger partial charge < -0.3 is 24.4 Å². The molecule has 0 saturated carbocycles. The summed E-state index contributed by atoms with van der Waals surface area (Å²) in [5, 5.41) is 3.25. The number of morpholine rings is 1. The minimum atomic E-state index is -0.0991. The fourth-order valence-corrected chi connectivity index (χ4v) is 2.88. The molecule has 0 unspecified atom stereocenters. The van der Waals surface area contributed by atoms with E-state index in [1.165, 1.54) is 0 Å². The van der Waals surface area contributed by atoms with Crippen molar-refractivity contribution in [2.75, 3.05) is 45.8 Å². The van der Waals surface area contributed by atoms with Gasteiger partial charge in [0.2, 0.25) is 0 Å². The first-order chi connectivity index (χ1) is 13.1. The maximum absolute atomic E-state index is 12.7. The molecular weight excluding hydrogens is 348 g/mol. The Balaban J connectivity index is 1.72. The molecule has 0 bridgehead atoms. The molecule has 2 heterocycles. The van der Waals surface area contributed by atoms with Gasteiger partial charge in [0.05, 0.1) is 27.4 Å². The Morgan fingerprint density at radius 2 is 1.89 bits per heavy atom. The summed E-state index contributed by atoms with van der Waals surface area (Å²) in [6.45, 7) is 4.58. The van der Waals surface area contributed by atoms with E-state index < -0.39 is 0 Å². The lowest BCUT2D eigenvalue weighted by molar-refractivity contribution is 0.0299. The van der Waals surface area contributed by atoms with Crippen LogP contribution < -0.4 is 14.8 Å². The number of amides is 1. The molecule has 1 aromatic heterocycles. The molecular formula is C19H24N4O4. The highest BCUT2D eigenvalue weighted by Crippen LogP contribution is 2.27. The van der Waals surface area contributed by atoms with Gasteiger partial charge in [0.25, 0.3) is 5.91 Å². The first kappa shape index (κ1) is 18.9. The van der Waals surface area contributed by atoms with Crippen molar-refractivity contribution >= 4 is 11.7 Å². The van der Waals surface area contributed by atoms with Crippen LogP contribution in [0.3, 0.4) is 0 Å². The summed E-state index contributed by atoms with van der Waals surface area (Å²) in [7, 11) is 3.21.